The molecule has 2 fully saturated rings. The summed E-state index contributed by atoms with van der Waals surface area (Å²) in [4.78, 5) is 43.5. The topological polar surface area (TPSA) is 113 Å². The first-order chi connectivity index (χ1) is 20.4. The Hall–Kier alpha value is -3.32. The third-order valence-electron chi connectivity index (χ3n) is 7.75. The Labute approximate surface area is 255 Å². The number of aromatic nitrogens is 2. The molecule has 1 aromatic heterocycles. The molecule has 42 heavy (non-hydrogen) atoms. The number of piperidine rings is 1. The summed E-state index contributed by atoms with van der Waals surface area (Å²) >= 11 is 13.4. The van der Waals surface area contributed by atoms with Crippen LogP contribution in [0.5, 0.6) is 11.5 Å². The molecule has 2 saturated heterocycles. The summed E-state index contributed by atoms with van der Waals surface area (Å²) < 4.78 is 16.3. The zero-order valence-electron chi connectivity index (χ0n) is 23.9. The van der Waals surface area contributed by atoms with E-state index >= 15 is 0 Å². The monoisotopic (exact) mass is 619 g/mol. The number of fused-ring (bicyclic) bond motifs is 1. The molecule has 0 unspecified atom stereocenters. The Balaban J connectivity index is 1.38. The van der Waals surface area contributed by atoms with Crippen LogP contribution in [0, 0.1) is 0 Å². The molecule has 1 aromatic carbocycles. The molecule has 14 heteroatoms. The van der Waals surface area contributed by atoms with Gasteiger partial charge in [0.25, 0.3) is 0 Å². The van der Waals surface area contributed by atoms with Crippen LogP contribution in [0.25, 0.3) is 0 Å². The molecular formula is C28H35Cl2N7O5. The number of nitrogens with zero attached hydrogens (tertiary/aromatic N) is 6. The third kappa shape index (κ3) is 6.07. The number of hydrogen-bond acceptors (Lipinski definition) is 9. The van der Waals surface area contributed by atoms with Crippen LogP contribution in [0.3, 0.4) is 0 Å². The van der Waals surface area contributed by atoms with Gasteiger partial charge in [0.05, 0.1) is 39.7 Å². The van der Waals surface area contributed by atoms with Crippen LogP contribution in [0.2, 0.25) is 10.0 Å². The van der Waals surface area contributed by atoms with Crippen LogP contribution in [0.4, 0.5) is 22.2 Å². The minimum Gasteiger partial charge on any atom is -0.495 e. The van der Waals surface area contributed by atoms with Crippen molar-refractivity contribution in [1.82, 2.24) is 19.8 Å². The van der Waals surface area contributed by atoms with Crippen LogP contribution in [0.1, 0.15) is 18.4 Å². The summed E-state index contributed by atoms with van der Waals surface area (Å²) in [5.74, 6) is 1.54. The molecule has 0 bridgehead atoms. The average Bonchev–Trinajstić information content (AvgIpc) is 3.02. The molecule has 12 nitrogen and oxygen atoms in total. The summed E-state index contributed by atoms with van der Waals surface area (Å²) in [5, 5.41) is 3.34. The number of carbonyl (C=O) groups is 2. The second-order valence-corrected chi connectivity index (χ2v) is 10.9. The third-order valence-corrected chi connectivity index (χ3v) is 8.48. The summed E-state index contributed by atoms with van der Waals surface area (Å²) in [6.07, 6.45) is 6.39. The van der Waals surface area contributed by atoms with Gasteiger partial charge in [-0.15, -0.1) is 0 Å². The molecule has 0 aliphatic carbocycles. The van der Waals surface area contributed by atoms with E-state index in [-0.39, 0.29) is 40.3 Å². The fourth-order valence-corrected chi connectivity index (χ4v) is 6.15. The fourth-order valence-electron chi connectivity index (χ4n) is 5.45. The van der Waals surface area contributed by atoms with E-state index in [0.29, 0.717) is 55.7 Å². The highest BCUT2D eigenvalue weighted by Crippen LogP contribution is 2.48. The number of rotatable bonds is 8. The highest BCUT2D eigenvalue weighted by atomic mass is 35.5. The first-order valence-corrected chi connectivity index (χ1v) is 14.6. The minimum absolute atomic E-state index is 0.0319. The Bertz CT molecular complexity index is 1320. The number of anilines is 3. The van der Waals surface area contributed by atoms with E-state index in [0.717, 1.165) is 31.9 Å². The second kappa shape index (κ2) is 13.3. The van der Waals surface area contributed by atoms with Crippen LogP contribution in [0.15, 0.2) is 24.4 Å². The van der Waals surface area contributed by atoms with Crippen molar-refractivity contribution in [2.24, 2.45) is 0 Å². The van der Waals surface area contributed by atoms with Crippen LogP contribution in [-0.4, -0.2) is 105 Å². The van der Waals surface area contributed by atoms with Crippen molar-refractivity contribution in [1.29, 1.82) is 0 Å². The number of carbonyl (C=O) groups excluding carboxylic acids is 2. The first-order valence-electron chi connectivity index (χ1n) is 13.9. The summed E-state index contributed by atoms with van der Waals surface area (Å²) in [6.45, 7) is 5.04. The molecule has 2 aromatic rings. The van der Waals surface area contributed by atoms with E-state index < -0.39 is 0 Å². The molecule has 0 spiro atoms. The van der Waals surface area contributed by atoms with E-state index in [1.807, 2.05) is 11.0 Å². The lowest BCUT2D eigenvalue weighted by molar-refractivity contribution is -0.127. The maximum Gasteiger partial charge on any atom is 0.330 e. The number of amides is 3. The number of hydrogen-bond donors (Lipinski definition) is 1. The first kappa shape index (κ1) is 30.1. The number of benzene rings is 1. The molecule has 0 atom stereocenters. The molecule has 3 aliphatic heterocycles. The number of urea groups is 1. The normalized spacial score (nSPS) is 18.4. The van der Waals surface area contributed by atoms with E-state index in [1.54, 1.807) is 30.3 Å². The zero-order chi connectivity index (χ0) is 29.8. The van der Waals surface area contributed by atoms with Gasteiger partial charge in [-0.05, 0) is 12.8 Å². The SMILES string of the molecule is CNc1ncc2c(n1)N(C1CCN(C(=O)/C=C/CN3CCOCC3)CC1)C(=O)N(c1c(Cl)c(OC)cc(OC)c1Cl)C2. The number of ether oxygens (including phenoxy) is 3. The predicted molar refractivity (Wildman–Crippen MR) is 161 cm³/mol. The van der Waals surface area contributed by atoms with Gasteiger partial charge < -0.3 is 24.4 Å². The molecule has 3 amide bonds. The van der Waals surface area contributed by atoms with Gasteiger partial charge in [-0.25, -0.2) is 9.78 Å². The minimum atomic E-state index is -0.336. The van der Waals surface area contributed by atoms with Gasteiger partial charge in [0.15, 0.2) is 0 Å². The second-order valence-electron chi connectivity index (χ2n) is 10.2. The molecule has 5 rings (SSSR count). The quantitative estimate of drug-likeness (QED) is 0.442. The van der Waals surface area contributed by atoms with Gasteiger partial charge in [-0.2, -0.15) is 4.98 Å². The highest BCUT2D eigenvalue weighted by Gasteiger charge is 2.41. The van der Waals surface area contributed by atoms with Gasteiger partial charge in [0.1, 0.15) is 27.4 Å². The van der Waals surface area contributed by atoms with E-state index in [1.165, 1.54) is 19.1 Å². The van der Waals surface area contributed by atoms with E-state index in [2.05, 4.69) is 20.2 Å². The van der Waals surface area contributed by atoms with Gasteiger partial charge >= 0.3 is 6.03 Å². The summed E-state index contributed by atoms with van der Waals surface area (Å²) in [6, 6.07) is 1.03. The van der Waals surface area contributed by atoms with Gasteiger partial charge in [-0.3, -0.25) is 19.5 Å². The zero-order valence-corrected chi connectivity index (χ0v) is 25.5. The Morgan fingerprint density at radius 1 is 1.12 bits per heavy atom. The van der Waals surface area contributed by atoms with E-state index in [4.69, 9.17) is 37.4 Å². The molecule has 226 valence electrons. The highest BCUT2D eigenvalue weighted by molar-refractivity contribution is 6.42. The Morgan fingerprint density at radius 2 is 1.79 bits per heavy atom. The van der Waals surface area contributed by atoms with Crippen molar-refractivity contribution < 1.29 is 23.8 Å². The largest absolute Gasteiger partial charge is 0.495 e. The molecule has 4 heterocycles. The van der Waals surface area contributed by atoms with Crippen LogP contribution < -0.4 is 24.6 Å². The van der Waals surface area contributed by atoms with Crippen molar-refractivity contribution in [2.75, 3.05) is 82.3 Å². The van der Waals surface area contributed by atoms with Crippen molar-refractivity contribution in [3.63, 3.8) is 0 Å². The predicted octanol–water partition coefficient (Wildman–Crippen LogP) is 3.67. The Kier molecular flexibility index (Phi) is 9.57. The van der Waals surface area contributed by atoms with Crippen LogP contribution >= 0.6 is 23.2 Å². The molecule has 1 N–H and O–H groups in total. The van der Waals surface area contributed by atoms with Crippen molar-refractivity contribution in [3.8, 4) is 11.5 Å². The molecular weight excluding hydrogens is 585 g/mol. The fraction of sp³-hybridized carbons (Fsp3) is 0.500. The smallest absolute Gasteiger partial charge is 0.330 e. The summed E-state index contributed by atoms with van der Waals surface area (Å²) in [5.41, 5.74) is 1.01. The lowest BCUT2D eigenvalue weighted by Crippen LogP contribution is -2.55. The van der Waals surface area contributed by atoms with Crippen molar-refractivity contribution >= 4 is 52.6 Å². The van der Waals surface area contributed by atoms with Gasteiger partial charge in [0.2, 0.25) is 11.9 Å². The van der Waals surface area contributed by atoms with Gasteiger partial charge in [0, 0.05) is 69.7 Å². The number of halogens is 2. The molecule has 3 aliphatic rings. The number of morpholine rings is 1. The lowest BCUT2D eigenvalue weighted by Gasteiger charge is -2.43. The van der Waals surface area contributed by atoms with Crippen LogP contribution in [-0.2, 0) is 16.1 Å². The van der Waals surface area contributed by atoms with Crippen molar-refractivity contribution in [2.45, 2.75) is 25.4 Å². The van der Waals surface area contributed by atoms with Gasteiger partial charge in [-0.1, -0.05) is 29.3 Å². The lowest BCUT2D eigenvalue weighted by atomic mass is 10.0. The van der Waals surface area contributed by atoms with Crippen molar-refractivity contribution in [3.05, 3.63) is 40.0 Å². The number of nitrogens with one attached hydrogen (secondary N) is 1. The molecule has 0 radical (unpaired) electrons. The standard InChI is InChI=1S/C28H35Cl2N7O5/c1-31-27-32-16-18-17-36(25-23(29)20(40-2)15-21(41-3)24(25)30)28(39)37(26(18)33-27)19-6-9-35(10-7-19)22(38)5-4-8-34-11-13-42-14-12-34/h4-5,15-16,19H,6-14,17H2,1-3H3,(H,31,32,33)/b5-4+. The number of likely N-dealkylation sites (tertiary alicyclic amines) is 1. The Morgan fingerprint density at radius 3 is 2.40 bits per heavy atom. The van der Waals surface area contributed by atoms with E-state index in [9.17, 15) is 9.59 Å². The molecule has 0 saturated carbocycles. The average molecular weight is 621 g/mol. The number of methoxy groups -OCH3 is 2. The maximum absolute atomic E-state index is 14.3. The maximum atomic E-state index is 14.3. The summed E-state index contributed by atoms with van der Waals surface area (Å²) in [7, 11) is 4.69.